The van der Waals surface area contributed by atoms with Crippen LogP contribution in [-0.4, -0.2) is 42.1 Å². The van der Waals surface area contributed by atoms with Gasteiger partial charge in [-0.15, -0.1) is 0 Å². The van der Waals surface area contributed by atoms with E-state index in [1.165, 1.54) is 0 Å². The number of hydrogen-bond acceptors (Lipinski definition) is 3. The molecule has 1 unspecified atom stereocenters. The van der Waals surface area contributed by atoms with Crippen molar-refractivity contribution in [2.75, 3.05) is 13.1 Å². The second-order valence-corrected chi connectivity index (χ2v) is 5.49. The van der Waals surface area contributed by atoms with Crippen LogP contribution in [0.4, 0.5) is 4.79 Å². The average molecular weight is 295 g/mol. The van der Waals surface area contributed by atoms with Gasteiger partial charge in [0, 0.05) is 6.04 Å². The van der Waals surface area contributed by atoms with Gasteiger partial charge in [0.25, 0.3) is 5.91 Å². The highest BCUT2D eigenvalue weighted by molar-refractivity contribution is 6.33. The first-order valence-electron chi connectivity index (χ1n) is 6.65. The monoisotopic (exact) mass is 294 g/mol. The lowest BCUT2D eigenvalue weighted by Gasteiger charge is -2.11. The lowest BCUT2D eigenvalue weighted by Crippen LogP contribution is -2.35. The predicted molar refractivity (Wildman–Crippen MR) is 73.8 cm³/mol. The number of halogens is 1. The molecular formula is C14H15ClN2O3. The van der Waals surface area contributed by atoms with Gasteiger partial charge in [-0.1, -0.05) is 23.7 Å². The van der Waals surface area contributed by atoms with E-state index in [1.807, 2.05) is 0 Å². The summed E-state index contributed by atoms with van der Waals surface area (Å²) in [4.78, 5) is 25.3. The number of cyclic esters (lactones) is 1. The number of ether oxygens (including phenoxy) is 1. The molecule has 1 saturated carbocycles. The van der Waals surface area contributed by atoms with Gasteiger partial charge in [0.1, 0.15) is 6.10 Å². The zero-order valence-corrected chi connectivity index (χ0v) is 11.6. The smallest absolute Gasteiger partial charge is 0.410 e. The number of amides is 2. The molecular weight excluding hydrogens is 280 g/mol. The molecule has 2 fully saturated rings. The molecule has 2 aliphatic rings. The van der Waals surface area contributed by atoms with E-state index in [2.05, 4.69) is 5.32 Å². The van der Waals surface area contributed by atoms with Crippen LogP contribution in [0.5, 0.6) is 0 Å². The molecule has 1 saturated heterocycles. The molecule has 6 heteroatoms. The van der Waals surface area contributed by atoms with Crippen molar-refractivity contribution in [3.05, 3.63) is 34.9 Å². The van der Waals surface area contributed by atoms with Crippen LogP contribution in [0.15, 0.2) is 24.3 Å². The van der Waals surface area contributed by atoms with E-state index < -0.39 is 0 Å². The van der Waals surface area contributed by atoms with Gasteiger partial charge in [0.15, 0.2) is 0 Å². The van der Waals surface area contributed by atoms with Gasteiger partial charge in [0.2, 0.25) is 0 Å². The van der Waals surface area contributed by atoms with Gasteiger partial charge in [0.05, 0.1) is 23.7 Å². The molecule has 106 valence electrons. The molecule has 20 heavy (non-hydrogen) atoms. The molecule has 1 aliphatic heterocycles. The van der Waals surface area contributed by atoms with Crippen molar-refractivity contribution < 1.29 is 14.3 Å². The summed E-state index contributed by atoms with van der Waals surface area (Å²) in [6.45, 7) is 0.852. The van der Waals surface area contributed by atoms with E-state index in [4.69, 9.17) is 16.3 Å². The lowest BCUT2D eigenvalue weighted by atomic mass is 10.2. The fourth-order valence-electron chi connectivity index (χ4n) is 2.28. The van der Waals surface area contributed by atoms with E-state index >= 15 is 0 Å². The van der Waals surface area contributed by atoms with Crippen LogP contribution in [0.25, 0.3) is 0 Å². The Morgan fingerprint density at radius 3 is 2.85 bits per heavy atom. The molecule has 0 radical (unpaired) electrons. The number of carbonyl (C=O) groups excluding carboxylic acids is 2. The van der Waals surface area contributed by atoms with Crippen LogP contribution < -0.4 is 5.32 Å². The first-order chi connectivity index (χ1) is 9.65. The summed E-state index contributed by atoms with van der Waals surface area (Å²) < 4.78 is 5.23. The first-order valence-corrected chi connectivity index (χ1v) is 7.03. The number of rotatable bonds is 4. The number of nitrogens with one attached hydrogen (secondary N) is 1. The Bertz CT molecular complexity index is 545. The van der Waals surface area contributed by atoms with Crippen molar-refractivity contribution in [2.45, 2.75) is 25.0 Å². The molecule has 0 bridgehead atoms. The summed E-state index contributed by atoms with van der Waals surface area (Å²) in [5, 5.41) is 3.17. The van der Waals surface area contributed by atoms with Gasteiger partial charge in [-0.25, -0.2) is 4.79 Å². The Morgan fingerprint density at radius 1 is 1.40 bits per heavy atom. The second kappa shape index (κ2) is 5.32. The van der Waals surface area contributed by atoms with Crippen molar-refractivity contribution in [3.63, 3.8) is 0 Å². The highest BCUT2D eigenvalue weighted by Crippen LogP contribution is 2.30. The SMILES string of the molecule is O=C(NCC1CN(C2CC2)C(=O)O1)c1ccccc1Cl. The van der Waals surface area contributed by atoms with Crippen LogP contribution in [-0.2, 0) is 4.74 Å². The van der Waals surface area contributed by atoms with Crippen molar-refractivity contribution in [1.82, 2.24) is 10.2 Å². The third-order valence-corrected chi connectivity index (χ3v) is 3.83. The molecule has 1 atom stereocenters. The average Bonchev–Trinajstić information content (AvgIpc) is 3.20. The maximum atomic E-state index is 12.0. The zero-order valence-electron chi connectivity index (χ0n) is 10.8. The molecule has 1 aromatic carbocycles. The maximum Gasteiger partial charge on any atom is 0.410 e. The third-order valence-electron chi connectivity index (χ3n) is 3.50. The van der Waals surface area contributed by atoms with Crippen LogP contribution in [0.3, 0.4) is 0 Å². The molecule has 1 aromatic rings. The molecule has 0 spiro atoms. The molecule has 3 rings (SSSR count). The van der Waals surface area contributed by atoms with E-state index in [1.54, 1.807) is 29.2 Å². The number of carbonyl (C=O) groups is 2. The van der Waals surface area contributed by atoms with Gasteiger partial charge < -0.3 is 15.0 Å². The highest BCUT2D eigenvalue weighted by atomic mass is 35.5. The van der Waals surface area contributed by atoms with Gasteiger partial charge in [-0.2, -0.15) is 0 Å². The Kier molecular flexibility index (Phi) is 3.53. The van der Waals surface area contributed by atoms with E-state index in [-0.39, 0.29) is 18.1 Å². The molecule has 0 aromatic heterocycles. The van der Waals surface area contributed by atoms with Crippen LogP contribution in [0, 0.1) is 0 Å². The van der Waals surface area contributed by atoms with E-state index in [9.17, 15) is 9.59 Å². The van der Waals surface area contributed by atoms with Crippen molar-refractivity contribution in [2.24, 2.45) is 0 Å². The summed E-state index contributed by atoms with van der Waals surface area (Å²) in [5.74, 6) is -0.253. The highest BCUT2D eigenvalue weighted by Gasteiger charge is 2.40. The normalized spacial score (nSPS) is 21.8. The molecule has 1 heterocycles. The Morgan fingerprint density at radius 2 is 2.15 bits per heavy atom. The van der Waals surface area contributed by atoms with E-state index in [0.717, 1.165) is 12.8 Å². The largest absolute Gasteiger partial charge is 0.442 e. The zero-order chi connectivity index (χ0) is 14.1. The molecule has 1 N–H and O–H groups in total. The molecule has 2 amide bonds. The second-order valence-electron chi connectivity index (χ2n) is 5.08. The van der Waals surface area contributed by atoms with Crippen LogP contribution >= 0.6 is 11.6 Å². The number of nitrogens with zero attached hydrogens (tertiary/aromatic N) is 1. The summed E-state index contributed by atoms with van der Waals surface area (Å²) >= 11 is 5.96. The van der Waals surface area contributed by atoms with Gasteiger partial charge >= 0.3 is 6.09 Å². The minimum atomic E-state index is -0.283. The minimum absolute atomic E-state index is 0.253. The predicted octanol–water partition coefficient (Wildman–Crippen LogP) is 2.05. The Balaban J connectivity index is 1.54. The summed E-state index contributed by atoms with van der Waals surface area (Å²) in [7, 11) is 0. The van der Waals surface area contributed by atoms with Crippen molar-refractivity contribution in [3.8, 4) is 0 Å². The van der Waals surface area contributed by atoms with E-state index in [0.29, 0.717) is 29.7 Å². The third kappa shape index (κ3) is 2.72. The topological polar surface area (TPSA) is 58.6 Å². The summed E-state index contributed by atoms with van der Waals surface area (Å²) in [5.41, 5.74) is 0.428. The molecule has 1 aliphatic carbocycles. The Hall–Kier alpha value is -1.75. The van der Waals surface area contributed by atoms with Gasteiger partial charge in [-0.05, 0) is 25.0 Å². The standard InChI is InChI=1S/C14H15ClN2O3/c15-12-4-2-1-3-11(12)13(18)16-7-10-8-17(9-5-6-9)14(19)20-10/h1-4,9-10H,5-8H2,(H,16,18). The van der Waals surface area contributed by atoms with Crippen LogP contribution in [0.1, 0.15) is 23.2 Å². The van der Waals surface area contributed by atoms with Crippen LogP contribution in [0.2, 0.25) is 5.02 Å². The summed E-state index contributed by atoms with van der Waals surface area (Å²) in [6.07, 6.45) is 1.54. The quantitative estimate of drug-likeness (QED) is 0.924. The van der Waals surface area contributed by atoms with Crippen molar-refractivity contribution in [1.29, 1.82) is 0 Å². The lowest BCUT2D eigenvalue weighted by molar-refractivity contribution is 0.0914. The summed E-state index contributed by atoms with van der Waals surface area (Å²) in [6, 6.07) is 7.19. The Labute approximate surface area is 121 Å². The number of hydrogen-bond donors (Lipinski definition) is 1. The molecule has 5 nitrogen and oxygen atoms in total. The first kappa shape index (κ1) is 13.2. The number of benzene rings is 1. The van der Waals surface area contributed by atoms with Gasteiger partial charge in [-0.3, -0.25) is 4.79 Å². The fraction of sp³-hybridized carbons (Fsp3) is 0.429. The fourth-order valence-corrected chi connectivity index (χ4v) is 2.50. The van der Waals surface area contributed by atoms with Crippen molar-refractivity contribution >= 4 is 23.6 Å². The minimum Gasteiger partial charge on any atom is -0.442 e. The maximum absolute atomic E-state index is 12.0.